The van der Waals surface area contributed by atoms with Gasteiger partial charge in [0, 0.05) is 62.7 Å². The molecule has 6 aromatic carbocycles. The monoisotopic (exact) mass is 734 g/mol. The predicted molar refractivity (Wildman–Crippen MR) is 222 cm³/mol. The van der Waals surface area contributed by atoms with E-state index in [1.165, 1.54) is 60.7 Å². The summed E-state index contributed by atoms with van der Waals surface area (Å²) in [5.41, 5.74) is -7.14. The highest BCUT2D eigenvalue weighted by Gasteiger charge is 2.41. The minimum atomic E-state index is -3.30. The average Bonchev–Trinajstić information content (AvgIpc) is 3.21. The molecule has 0 radical (unpaired) electrons. The van der Waals surface area contributed by atoms with Gasteiger partial charge in [-0.2, -0.15) is 0 Å². The van der Waals surface area contributed by atoms with Crippen molar-refractivity contribution in [3.63, 3.8) is 0 Å². The summed E-state index contributed by atoms with van der Waals surface area (Å²) in [5.74, 6) is 0.245. The zero-order valence-electron chi connectivity index (χ0n) is 47.1. The van der Waals surface area contributed by atoms with Crippen molar-refractivity contribution in [2.45, 2.75) is 72.7 Å². The molecular weight excluding hydrogens is 669 g/mol. The molecule has 0 spiro atoms. The maximum Gasteiger partial charge on any atom is 0.280 e. The molecule has 0 atom stereocenters. The van der Waals surface area contributed by atoms with Crippen molar-refractivity contribution < 1.29 is 38.3 Å². The first-order chi connectivity index (χ1) is 32.0. The van der Waals surface area contributed by atoms with E-state index in [4.69, 9.17) is 34.2 Å². The highest BCUT2D eigenvalue weighted by molar-refractivity contribution is 6.89. The molecule has 2 aliphatic rings. The van der Waals surface area contributed by atoms with E-state index in [9.17, 15) is 4.11 Å². The molecule has 0 fully saturated rings. The fourth-order valence-electron chi connectivity index (χ4n) is 7.48. The smallest absolute Gasteiger partial charge is 0.280 e. The summed E-state index contributed by atoms with van der Waals surface area (Å²) in [6.45, 7) is -11.4. The number of rotatable bonds is 3. The minimum absolute atomic E-state index is 0.102. The van der Waals surface area contributed by atoms with Gasteiger partial charge in [0.2, 0.25) is 0 Å². The topological polar surface area (TPSA) is 27.7 Å². The van der Waals surface area contributed by atoms with E-state index in [0.29, 0.717) is 10.9 Å². The molecule has 6 aromatic rings. The lowest BCUT2D eigenvalue weighted by atomic mass is 9.74. The van der Waals surface area contributed by atoms with Gasteiger partial charge in [-0.25, -0.2) is 0 Å². The summed E-state index contributed by atoms with van der Waals surface area (Å²) in [4.78, 5) is 0. The van der Waals surface area contributed by atoms with Crippen LogP contribution in [0.2, 0.25) is 26.2 Å². The van der Waals surface area contributed by atoms with E-state index < -0.39 is 91.2 Å². The molecule has 0 saturated heterocycles. The van der Waals surface area contributed by atoms with Crippen molar-refractivity contribution in [3.8, 4) is 56.4 Å². The van der Waals surface area contributed by atoms with Crippen molar-refractivity contribution in [2.24, 2.45) is 0 Å². The first-order valence-electron chi connectivity index (χ1n) is 25.9. The van der Waals surface area contributed by atoms with E-state index in [1.54, 1.807) is 18.2 Å². The Bertz CT molecular complexity index is 3060. The Kier molecular flexibility index (Phi) is 4.49. The van der Waals surface area contributed by atoms with Gasteiger partial charge < -0.3 is 13.6 Å². The standard InChI is InChI=1S/C47H48O3Si2/c1-29-25-27-33(31(3)43(29)35-17-15-20-38-45(35)48-39-21-12-11-19-37(39)47(38,5)6)34-28-26-30(2)44(32(34)4)36-18-16-24-42-46(36)50-51(7,8)41-23-14-13-22-40(41)49-52(42,9)10/h11-28H,1-10H3/i1D3,2D3,3D3,4D3,5D3,6D3. The summed E-state index contributed by atoms with van der Waals surface area (Å²) >= 11 is 0. The fraction of sp³-hybridized carbons (Fsp3) is 0.234. The Labute approximate surface area is 336 Å². The van der Waals surface area contributed by atoms with Crippen LogP contribution in [-0.2, 0) is 5.41 Å². The maximum absolute atomic E-state index is 9.21. The minimum Gasteiger partial charge on any atom is -0.539 e. The van der Waals surface area contributed by atoms with Gasteiger partial charge in [-0.1, -0.05) is 111 Å². The molecule has 0 amide bonds. The van der Waals surface area contributed by atoms with Crippen LogP contribution >= 0.6 is 0 Å². The average molecular weight is 735 g/mol. The number of hydrogen-bond acceptors (Lipinski definition) is 3. The third kappa shape index (κ3) is 5.28. The fourth-order valence-corrected chi connectivity index (χ4v) is 11.8. The number of aryl methyl sites for hydroxylation is 2. The number of benzene rings is 6. The predicted octanol–water partition coefficient (Wildman–Crippen LogP) is 11.6. The maximum atomic E-state index is 9.21. The van der Waals surface area contributed by atoms with E-state index in [0.717, 1.165) is 11.3 Å². The second kappa shape index (κ2) is 12.1. The van der Waals surface area contributed by atoms with E-state index in [2.05, 4.69) is 0 Å². The van der Waals surface area contributed by atoms with Gasteiger partial charge in [0.25, 0.3) is 16.6 Å². The Morgan fingerprint density at radius 3 is 1.69 bits per heavy atom. The van der Waals surface area contributed by atoms with Gasteiger partial charge in [0.1, 0.15) is 23.0 Å². The number of fused-ring (bicyclic) bond motifs is 4. The molecule has 3 nitrogen and oxygen atoms in total. The summed E-state index contributed by atoms with van der Waals surface area (Å²) in [5, 5.41) is 1.41. The van der Waals surface area contributed by atoms with E-state index >= 15 is 0 Å². The summed E-state index contributed by atoms with van der Waals surface area (Å²) < 4.78 is 181. The SMILES string of the molecule is [2H]C([2H])([2H])c1ccc(-c2ccc(C([2H])([2H])[2H])c(-c3cccc4c3O[Si](C)(C)c3ccccc3O[Si]4(C)C)c2C([2H])([2H])[2H])c(C([2H])([2H])[2H])c1-c1cccc2c1Oc1ccccc1C2(C([2H])([2H])[2H])C([2H])([2H])[2H]. The third-order valence-corrected chi connectivity index (χ3v) is 14.9. The molecule has 0 saturated carbocycles. The molecule has 52 heavy (non-hydrogen) atoms. The van der Waals surface area contributed by atoms with Crippen molar-refractivity contribution in [1.82, 2.24) is 0 Å². The molecule has 8 rings (SSSR count). The Hall–Kier alpha value is -4.85. The van der Waals surface area contributed by atoms with Gasteiger partial charge in [0.05, 0.1) is 0 Å². The molecule has 5 heteroatoms. The van der Waals surface area contributed by atoms with Crippen LogP contribution in [0.5, 0.6) is 23.0 Å². The van der Waals surface area contributed by atoms with E-state index in [1.807, 2.05) is 50.5 Å². The Morgan fingerprint density at radius 2 is 1.04 bits per heavy atom. The summed E-state index contributed by atoms with van der Waals surface area (Å²) in [6, 6.07) is 26.6. The van der Waals surface area contributed by atoms with Crippen LogP contribution < -0.4 is 24.0 Å². The number of hydrogen-bond donors (Lipinski definition) is 0. The summed E-state index contributed by atoms with van der Waals surface area (Å²) in [6.07, 6.45) is 0. The highest BCUT2D eigenvalue weighted by Crippen LogP contribution is 2.52. The van der Waals surface area contributed by atoms with Crippen molar-refractivity contribution in [2.75, 3.05) is 0 Å². The second-order valence-electron chi connectivity index (χ2n) is 14.3. The van der Waals surface area contributed by atoms with Crippen molar-refractivity contribution in [3.05, 3.63) is 143 Å². The Balaban J connectivity index is 1.53. The number of para-hydroxylation sites is 4. The van der Waals surface area contributed by atoms with Crippen LogP contribution in [0.25, 0.3) is 33.4 Å². The van der Waals surface area contributed by atoms with Crippen LogP contribution in [0.15, 0.2) is 109 Å². The van der Waals surface area contributed by atoms with Crippen molar-refractivity contribution in [1.29, 1.82) is 0 Å². The number of ether oxygens (including phenoxy) is 1. The highest BCUT2D eigenvalue weighted by atomic mass is 28.4. The quantitative estimate of drug-likeness (QED) is 0.169. The lowest BCUT2D eigenvalue weighted by Gasteiger charge is -2.37. The lowest BCUT2D eigenvalue weighted by molar-refractivity contribution is 0.419. The molecule has 0 N–H and O–H groups in total. The van der Waals surface area contributed by atoms with Crippen LogP contribution in [0.1, 0.15) is 71.8 Å². The van der Waals surface area contributed by atoms with Crippen LogP contribution in [-0.4, -0.2) is 16.6 Å². The van der Waals surface area contributed by atoms with E-state index in [-0.39, 0.29) is 56.0 Å². The molecular formula is C47H48O3Si2. The third-order valence-electron chi connectivity index (χ3n) is 10.1. The molecule has 0 unspecified atom stereocenters. The summed E-state index contributed by atoms with van der Waals surface area (Å²) in [7, 11) is -6.08. The van der Waals surface area contributed by atoms with Gasteiger partial charge in [0.15, 0.2) is 0 Å². The molecule has 262 valence electrons. The first kappa shape index (κ1) is 19.3. The van der Waals surface area contributed by atoms with Crippen molar-refractivity contribution >= 4 is 27.0 Å². The molecule has 2 aliphatic heterocycles. The van der Waals surface area contributed by atoms with Gasteiger partial charge in [-0.05, 0) is 110 Å². The van der Waals surface area contributed by atoms with Gasteiger partial charge >= 0.3 is 0 Å². The zero-order chi connectivity index (χ0) is 51.7. The zero-order valence-corrected chi connectivity index (χ0v) is 31.1. The first-order valence-corrected chi connectivity index (χ1v) is 22.8. The van der Waals surface area contributed by atoms with Gasteiger partial charge in [-0.3, -0.25) is 0 Å². The molecule has 0 aliphatic carbocycles. The Morgan fingerprint density at radius 1 is 0.481 bits per heavy atom. The van der Waals surface area contributed by atoms with Crippen LogP contribution in [0, 0.1) is 27.4 Å². The lowest BCUT2D eigenvalue weighted by Crippen LogP contribution is -2.57. The van der Waals surface area contributed by atoms with Gasteiger partial charge in [-0.15, -0.1) is 0 Å². The van der Waals surface area contributed by atoms with Crippen LogP contribution in [0.3, 0.4) is 0 Å². The molecule has 0 bridgehead atoms. The largest absolute Gasteiger partial charge is 0.539 e. The normalized spacial score (nSPS) is 22.6. The second-order valence-corrected chi connectivity index (χ2v) is 21.8. The molecule has 2 heterocycles. The molecule has 0 aromatic heterocycles. The van der Waals surface area contributed by atoms with Crippen LogP contribution in [0.4, 0.5) is 0 Å².